The van der Waals surface area contributed by atoms with Crippen LogP contribution in [0.4, 0.5) is 0 Å². The summed E-state index contributed by atoms with van der Waals surface area (Å²) in [6.45, 7) is 2.02. The lowest BCUT2D eigenvalue weighted by Gasteiger charge is -2.00. The molecule has 2 rings (SSSR count). The highest BCUT2D eigenvalue weighted by Crippen LogP contribution is 2.01. The Bertz CT molecular complexity index is 576. The Morgan fingerprint density at radius 2 is 1.95 bits per heavy atom. The molecule has 0 atom stereocenters. The Morgan fingerprint density at radius 3 is 2.68 bits per heavy atom. The van der Waals surface area contributed by atoms with Gasteiger partial charge in [-0.2, -0.15) is 5.10 Å². The molecule has 0 unspecified atom stereocenters. The number of hydrazone groups is 1. The van der Waals surface area contributed by atoms with E-state index >= 15 is 0 Å². The van der Waals surface area contributed by atoms with Crippen molar-refractivity contribution in [2.45, 2.75) is 13.3 Å². The Balaban J connectivity index is 1.87. The fourth-order valence-corrected chi connectivity index (χ4v) is 1.75. The van der Waals surface area contributed by atoms with Crippen molar-refractivity contribution in [3.63, 3.8) is 0 Å². The zero-order valence-corrected chi connectivity index (χ0v) is 10.8. The van der Waals surface area contributed by atoms with Crippen LogP contribution in [-0.2, 0) is 11.2 Å². The topological polar surface area (TPSA) is 41.5 Å². The molecule has 0 saturated heterocycles. The van der Waals surface area contributed by atoms with Gasteiger partial charge in [-0.25, -0.2) is 5.43 Å². The molecule has 0 fully saturated rings. The Hall–Kier alpha value is -2.42. The third-order valence-electron chi connectivity index (χ3n) is 2.65. The SMILES string of the molecule is Cc1cccc(/C=N/NC(=O)Cc2ccccc2)c1. The summed E-state index contributed by atoms with van der Waals surface area (Å²) in [5.41, 5.74) is 5.65. The van der Waals surface area contributed by atoms with Crippen LogP contribution in [0.2, 0.25) is 0 Å². The second kappa shape index (κ2) is 6.50. The number of hydrogen-bond acceptors (Lipinski definition) is 2. The zero-order valence-electron chi connectivity index (χ0n) is 10.8. The number of amides is 1. The fraction of sp³-hybridized carbons (Fsp3) is 0.125. The minimum Gasteiger partial charge on any atom is -0.273 e. The summed E-state index contributed by atoms with van der Waals surface area (Å²) in [5, 5.41) is 3.95. The monoisotopic (exact) mass is 252 g/mol. The molecule has 3 nitrogen and oxygen atoms in total. The molecule has 96 valence electrons. The standard InChI is InChI=1S/C16H16N2O/c1-13-6-5-9-15(10-13)12-17-18-16(19)11-14-7-3-2-4-8-14/h2-10,12H,11H2,1H3,(H,18,19)/b17-12+. The molecule has 0 aromatic heterocycles. The second-order valence-corrected chi connectivity index (χ2v) is 4.37. The van der Waals surface area contributed by atoms with E-state index in [1.807, 2.05) is 61.5 Å². The van der Waals surface area contributed by atoms with Crippen LogP contribution in [0.1, 0.15) is 16.7 Å². The van der Waals surface area contributed by atoms with E-state index in [9.17, 15) is 4.79 Å². The van der Waals surface area contributed by atoms with Crippen LogP contribution in [0, 0.1) is 6.92 Å². The molecule has 0 spiro atoms. The number of carbonyl (C=O) groups is 1. The van der Waals surface area contributed by atoms with E-state index < -0.39 is 0 Å². The van der Waals surface area contributed by atoms with E-state index in [1.165, 1.54) is 5.56 Å². The Kier molecular flexibility index (Phi) is 4.45. The number of rotatable bonds is 4. The van der Waals surface area contributed by atoms with E-state index in [0.717, 1.165) is 11.1 Å². The molecule has 3 heteroatoms. The summed E-state index contributed by atoms with van der Waals surface area (Å²) in [5.74, 6) is -0.116. The van der Waals surface area contributed by atoms with Crippen molar-refractivity contribution in [2.24, 2.45) is 5.10 Å². The van der Waals surface area contributed by atoms with Crippen molar-refractivity contribution >= 4 is 12.1 Å². The molecule has 0 radical (unpaired) electrons. The van der Waals surface area contributed by atoms with Crippen LogP contribution in [0.25, 0.3) is 0 Å². The van der Waals surface area contributed by atoms with Crippen molar-refractivity contribution in [2.75, 3.05) is 0 Å². The molecule has 19 heavy (non-hydrogen) atoms. The van der Waals surface area contributed by atoms with Gasteiger partial charge >= 0.3 is 0 Å². The van der Waals surface area contributed by atoms with Gasteiger partial charge in [0.2, 0.25) is 5.91 Å². The molecule has 2 aromatic rings. The van der Waals surface area contributed by atoms with Gasteiger partial charge in [0.1, 0.15) is 0 Å². The largest absolute Gasteiger partial charge is 0.273 e. The van der Waals surface area contributed by atoms with Gasteiger partial charge in [0, 0.05) is 0 Å². The lowest BCUT2D eigenvalue weighted by molar-refractivity contribution is -0.120. The van der Waals surface area contributed by atoms with Crippen LogP contribution in [0.3, 0.4) is 0 Å². The van der Waals surface area contributed by atoms with Crippen LogP contribution >= 0.6 is 0 Å². The molecule has 2 aromatic carbocycles. The normalized spacial score (nSPS) is 10.6. The Labute approximate surface area is 113 Å². The summed E-state index contributed by atoms with van der Waals surface area (Å²) >= 11 is 0. The van der Waals surface area contributed by atoms with Crippen molar-refractivity contribution in [3.05, 3.63) is 71.3 Å². The first-order valence-electron chi connectivity index (χ1n) is 6.16. The molecule has 0 saturated carbocycles. The number of carbonyl (C=O) groups excluding carboxylic acids is 1. The van der Waals surface area contributed by atoms with Gasteiger partial charge < -0.3 is 0 Å². The molecular weight excluding hydrogens is 236 g/mol. The van der Waals surface area contributed by atoms with Crippen LogP contribution in [0.5, 0.6) is 0 Å². The van der Waals surface area contributed by atoms with Crippen LogP contribution in [-0.4, -0.2) is 12.1 Å². The first kappa shape index (κ1) is 13.0. The van der Waals surface area contributed by atoms with E-state index in [1.54, 1.807) is 6.21 Å². The number of nitrogens with one attached hydrogen (secondary N) is 1. The molecule has 1 N–H and O–H groups in total. The summed E-state index contributed by atoms with van der Waals surface area (Å²) in [6.07, 6.45) is 1.99. The number of benzene rings is 2. The first-order valence-corrected chi connectivity index (χ1v) is 6.16. The van der Waals surface area contributed by atoms with Gasteiger partial charge in [0.25, 0.3) is 0 Å². The van der Waals surface area contributed by atoms with Gasteiger partial charge in [0.05, 0.1) is 12.6 Å². The molecular formula is C16H16N2O. The average molecular weight is 252 g/mol. The maximum Gasteiger partial charge on any atom is 0.244 e. The number of aryl methyl sites for hydroxylation is 1. The van der Waals surface area contributed by atoms with Crippen LogP contribution < -0.4 is 5.43 Å². The van der Waals surface area contributed by atoms with Crippen molar-refractivity contribution in [3.8, 4) is 0 Å². The smallest absolute Gasteiger partial charge is 0.244 e. The van der Waals surface area contributed by atoms with Gasteiger partial charge in [-0.15, -0.1) is 0 Å². The minimum atomic E-state index is -0.116. The van der Waals surface area contributed by atoms with E-state index in [2.05, 4.69) is 10.5 Å². The molecule has 0 heterocycles. The maximum absolute atomic E-state index is 11.6. The van der Waals surface area contributed by atoms with Gasteiger partial charge in [-0.05, 0) is 18.1 Å². The highest BCUT2D eigenvalue weighted by atomic mass is 16.2. The van der Waals surface area contributed by atoms with Gasteiger partial charge in [0.15, 0.2) is 0 Å². The fourth-order valence-electron chi connectivity index (χ4n) is 1.75. The van der Waals surface area contributed by atoms with Gasteiger partial charge in [-0.3, -0.25) is 4.79 Å². The highest BCUT2D eigenvalue weighted by molar-refractivity contribution is 5.83. The lowest BCUT2D eigenvalue weighted by atomic mass is 10.1. The van der Waals surface area contributed by atoms with Crippen LogP contribution in [0.15, 0.2) is 59.7 Å². The third kappa shape index (κ3) is 4.39. The van der Waals surface area contributed by atoms with E-state index in [4.69, 9.17) is 0 Å². The summed E-state index contributed by atoms with van der Waals surface area (Å²) < 4.78 is 0. The molecule has 0 aliphatic rings. The number of hydrogen-bond donors (Lipinski definition) is 1. The zero-order chi connectivity index (χ0) is 13.5. The number of nitrogens with zero attached hydrogens (tertiary/aromatic N) is 1. The highest BCUT2D eigenvalue weighted by Gasteiger charge is 2.00. The summed E-state index contributed by atoms with van der Waals surface area (Å²) in [6, 6.07) is 17.5. The predicted molar refractivity (Wildman–Crippen MR) is 77.1 cm³/mol. The lowest BCUT2D eigenvalue weighted by Crippen LogP contribution is -2.19. The second-order valence-electron chi connectivity index (χ2n) is 4.37. The van der Waals surface area contributed by atoms with E-state index in [-0.39, 0.29) is 5.91 Å². The van der Waals surface area contributed by atoms with Crippen molar-refractivity contribution in [1.82, 2.24) is 5.43 Å². The van der Waals surface area contributed by atoms with Gasteiger partial charge in [-0.1, -0.05) is 60.2 Å². The molecule has 0 aliphatic carbocycles. The maximum atomic E-state index is 11.6. The Morgan fingerprint density at radius 1 is 1.16 bits per heavy atom. The molecule has 1 amide bonds. The van der Waals surface area contributed by atoms with Crippen molar-refractivity contribution < 1.29 is 4.79 Å². The molecule has 0 bridgehead atoms. The van der Waals surface area contributed by atoms with E-state index in [0.29, 0.717) is 6.42 Å². The molecule has 0 aliphatic heterocycles. The first-order chi connectivity index (χ1) is 9.24. The summed E-state index contributed by atoms with van der Waals surface area (Å²) in [4.78, 5) is 11.6. The minimum absolute atomic E-state index is 0.116. The summed E-state index contributed by atoms with van der Waals surface area (Å²) in [7, 11) is 0. The third-order valence-corrected chi connectivity index (χ3v) is 2.65. The van der Waals surface area contributed by atoms with Crippen molar-refractivity contribution in [1.29, 1.82) is 0 Å². The average Bonchev–Trinajstić information content (AvgIpc) is 2.40. The predicted octanol–water partition coefficient (Wildman–Crippen LogP) is 2.69. The quantitative estimate of drug-likeness (QED) is 0.659.